The first kappa shape index (κ1) is 13.1. The first-order chi connectivity index (χ1) is 7.47. The van der Waals surface area contributed by atoms with E-state index in [-0.39, 0.29) is 5.82 Å². The van der Waals surface area contributed by atoms with Gasteiger partial charge in [-0.05, 0) is 43.5 Å². The molecule has 4 heteroatoms. The van der Waals surface area contributed by atoms with E-state index in [9.17, 15) is 14.6 Å². The van der Waals surface area contributed by atoms with E-state index in [1.807, 2.05) is 0 Å². The van der Waals surface area contributed by atoms with Crippen LogP contribution in [0.25, 0.3) is 0 Å². The van der Waals surface area contributed by atoms with Crippen LogP contribution in [-0.4, -0.2) is 22.9 Å². The fourth-order valence-corrected chi connectivity index (χ4v) is 1.70. The second-order valence-electron chi connectivity index (χ2n) is 4.06. The molecule has 0 aliphatic carbocycles. The van der Waals surface area contributed by atoms with E-state index < -0.39 is 12.2 Å². The van der Waals surface area contributed by atoms with Crippen LogP contribution in [0.2, 0.25) is 0 Å². The molecule has 1 aromatic carbocycles. The van der Waals surface area contributed by atoms with Crippen molar-refractivity contribution in [3.05, 3.63) is 34.6 Å². The van der Waals surface area contributed by atoms with Crippen molar-refractivity contribution in [2.45, 2.75) is 32.5 Å². The quantitative estimate of drug-likeness (QED) is 0.723. The van der Waals surface area contributed by atoms with Crippen LogP contribution >= 0.6 is 0 Å². The van der Waals surface area contributed by atoms with Crippen molar-refractivity contribution in [3.8, 4) is 0 Å². The monoisotopic (exact) mass is 227 g/mol. The zero-order valence-corrected chi connectivity index (χ0v) is 9.57. The van der Waals surface area contributed by atoms with Crippen LogP contribution in [0, 0.1) is 19.7 Å². The number of rotatable bonds is 4. The van der Waals surface area contributed by atoms with Crippen LogP contribution in [-0.2, 0) is 0 Å². The zero-order valence-electron chi connectivity index (χ0n) is 9.57. The molecule has 0 spiro atoms. The number of benzene rings is 1. The van der Waals surface area contributed by atoms with Crippen molar-refractivity contribution in [2.24, 2.45) is 5.73 Å². The van der Waals surface area contributed by atoms with E-state index in [0.29, 0.717) is 29.7 Å². The average Bonchev–Trinajstić information content (AvgIpc) is 2.24. The largest absolute Gasteiger partial charge is 0.390 e. The molecular weight excluding hydrogens is 209 g/mol. The molecular formula is C12H18FNO2. The molecule has 90 valence electrons. The summed E-state index contributed by atoms with van der Waals surface area (Å²) in [5, 5.41) is 19.4. The standard InChI is InChI=1S/C12H18FNO2/c1-7-5-9(6-8(2)11(7)13)12(16)10(15)3-4-14/h5-6,10,12,15-16H,3-4,14H2,1-2H3. The second-order valence-corrected chi connectivity index (χ2v) is 4.06. The molecule has 2 atom stereocenters. The van der Waals surface area contributed by atoms with Gasteiger partial charge in [-0.15, -0.1) is 0 Å². The highest BCUT2D eigenvalue weighted by Crippen LogP contribution is 2.23. The predicted octanol–water partition coefficient (Wildman–Crippen LogP) is 1.19. The summed E-state index contributed by atoms with van der Waals surface area (Å²) in [5.74, 6) is -0.274. The lowest BCUT2D eigenvalue weighted by Crippen LogP contribution is -2.22. The van der Waals surface area contributed by atoms with Crippen LogP contribution in [0.1, 0.15) is 29.2 Å². The Morgan fingerprint density at radius 3 is 2.19 bits per heavy atom. The highest BCUT2D eigenvalue weighted by molar-refractivity contribution is 5.32. The summed E-state index contributed by atoms with van der Waals surface area (Å²) in [6.07, 6.45) is -1.60. The fourth-order valence-electron chi connectivity index (χ4n) is 1.70. The van der Waals surface area contributed by atoms with Gasteiger partial charge in [0.25, 0.3) is 0 Å². The van der Waals surface area contributed by atoms with Crippen LogP contribution in [0.15, 0.2) is 12.1 Å². The lowest BCUT2D eigenvalue weighted by atomic mass is 9.98. The third-order valence-corrected chi connectivity index (χ3v) is 2.63. The molecule has 0 bridgehead atoms. The normalized spacial score (nSPS) is 14.9. The Kier molecular flexibility index (Phi) is 4.41. The molecule has 0 saturated heterocycles. The average molecular weight is 227 g/mol. The smallest absolute Gasteiger partial charge is 0.129 e. The van der Waals surface area contributed by atoms with E-state index in [2.05, 4.69) is 0 Å². The summed E-state index contributed by atoms with van der Waals surface area (Å²) in [7, 11) is 0. The van der Waals surface area contributed by atoms with Gasteiger partial charge in [0.05, 0.1) is 6.10 Å². The van der Waals surface area contributed by atoms with Gasteiger partial charge < -0.3 is 15.9 Å². The third kappa shape index (κ3) is 2.78. The first-order valence-electron chi connectivity index (χ1n) is 5.30. The molecule has 0 saturated carbocycles. The number of nitrogens with two attached hydrogens (primary N) is 1. The van der Waals surface area contributed by atoms with E-state index in [0.717, 1.165) is 0 Å². The Morgan fingerprint density at radius 1 is 1.25 bits per heavy atom. The molecule has 1 aromatic rings. The third-order valence-electron chi connectivity index (χ3n) is 2.63. The van der Waals surface area contributed by atoms with Gasteiger partial charge in [0.1, 0.15) is 11.9 Å². The molecule has 3 nitrogen and oxygen atoms in total. The van der Waals surface area contributed by atoms with Crippen molar-refractivity contribution < 1.29 is 14.6 Å². The maximum absolute atomic E-state index is 13.4. The van der Waals surface area contributed by atoms with E-state index in [4.69, 9.17) is 5.73 Å². The number of halogens is 1. The van der Waals surface area contributed by atoms with E-state index in [1.165, 1.54) is 0 Å². The van der Waals surface area contributed by atoms with Crippen molar-refractivity contribution in [2.75, 3.05) is 6.54 Å². The van der Waals surface area contributed by atoms with Gasteiger partial charge in [-0.2, -0.15) is 0 Å². The lowest BCUT2D eigenvalue weighted by molar-refractivity contribution is 0.0149. The number of hydrogen-bond donors (Lipinski definition) is 3. The Balaban J connectivity index is 2.96. The van der Waals surface area contributed by atoms with Gasteiger partial charge in [0.15, 0.2) is 0 Å². The maximum Gasteiger partial charge on any atom is 0.129 e. The molecule has 0 radical (unpaired) electrons. The minimum atomic E-state index is -1.01. The van der Waals surface area contributed by atoms with Gasteiger partial charge in [-0.25, -0.2) is 4.39 Å². The highest BCUT2D eigenvalue weighted by atomic mass is 19.1. The topological polar surface area (TPSA) is 66.5 Å². The summed E-state index contributed by atoms with van der Waals surface area (Å²) in [6, 6.07) is 3.10. The highest BCUT2D eigenvalue weighted by Gasteiger charge is 2.19. The summed E-state index contributed by atoms with van der Waals surface area (Å²) in [6.45, 7) is 3.57. The molecule has 0 aliphatic rings. The minimum Gasteiger partial charge on any atom is -0.390 e. The number of aliphatic hydroxyl groups excluding tert-OH is 2. The minimum absolute atomic E-state index is 0.274. The number of aliphatic hydroxyl groups is 2. The number of hydrogen-bond acceptors (Lipinski definition) is 3. The van der Waals surface area contributed by atoms with Crippen molar-refractivity contribution in [1.29, 1.82) is 0 Å². The predicted molar refractivity (Wildman–Crippen MR) is 60.5 cm³/mol. The summed E-state index contributed by atoms with van der Waals surface area (Å²) in [5.41, 5.74) is 6.76. The Labute approximate surface area is 94.7 Å². The van der Waals surface area contributed by atoms with Gasteiger partial charge in [0, 0.05) is 0 Å². The van der Waals surface area contributed by atoms with Gasteiger partial charge in [-0.3, -0.25) is 0 Å². The van der Waals surface area contributed by atoms with Crippen LogP contribution in [0.4, 0.5) is 4.39 Å². The van der Waals surface area contributed by atoms with Crippen LogP contribution in [0.5, 0.6) is 0 Å². The molecule has 0 fully saturated rings. The Hall–Kier alpha value is -0.970. The molecule has 0 aromatic heterocycles. The lowest BCUT2D eigenvalue weighted by Gasteiger charge is -2.18. The first-order valence-corrected chi connectivity index (χ1v) is 5.30. The molecule has 0 amide bonds. The molecule has 0 aliphatic heterocycles. The summed E-state index contributed by atoms with van der Waals surface area (Å²) >= 11 is 0. The van der Waals surface area contributed by atoms with Crippen LogP contribution in [0.3, 0.4) is 0 Å². The van der Waals surface area contributed by atoms with Gasteiger partial charge in [-0.1, -0.05) is 12.1 Å². The molecule has 2 unspecified atom stereocenters. The van der Waals surface area contributed by atoms with Gasteiger partial charge >= 0.3 is 0 Å². The van der Waals surface area contributed by atoms with Crippen molar-refractivity contribution >= 4 is 0 Å². The zero-order chi connectivity index (χ0) is 12.3. The van der Waals surface area contributed by atoms with Crippen molar-refractivity contribution in [3.63, 3.8) is 0 Å². The van der Waals surface area contributed by atoms with Crippen molar-refractivity contribution in [1.82, 2.24) is 0 Å². The summed E-state index contributed by atoms with van der Waals surface area (Å²) < 4.78 is 13.4. The number of aryl methyl sites for hydroxylation is 2. The van der Waals surface area contributed by atoms with Crippen LogP contribution < -0.4 is 5.73 Å². The maximum atomic E-state index is 13.4. The molecule has 0 heterocycles. The van der Waals surface area contributed by atoms with Gasteiger partial charge in [0.2, 0.25) is 0 Å². The second kappa shape index (κ2) is 5.39. The van der Waals surface area contributed by atoms with E-state index >= 15 is 0 Å². The molecule has 1 rings (SSSR count). The Morgan fingerprint density at radius 2 is 1.75 bits per heavy atom. The fraction of sp³-hybridized carbons (Fsp3) is 0.500. The molecule has 16 heavy (non-hydrogen) atoms. The van der Waals surface area contributed by atoms with E-state index in [1.54, 1.807) is 26.0 Å². The molecule has 4 N–H and O–H groups in total. The Bertz CT molecular complexity index is 345. The summed E-state index contributed by atoms with van der Waals surface area (Å²) in [4.78, 5) is 0. The SMILES string of the molecule is Cc1cc(C(O)C(O)CCN)cc(C)c1F.